The molecule has 6 N–H and O–H groups in total. The Balaban J connectivity index is 1.93. The van der Waals surface area contributed by atoms with Crippen LogP contribution in [-0.2, 0) is 9.59 Å². The van der Waals surface area contributed by atoms with E-state index in [2.05, 4.69) is 34.7 Å². The lowest BCUT2D eigenvalue weighted by molar-refractivity contribution is -0.133. The molecule has 0 bridgehead atoms. The van der Waals surface area contributed by atoms with Gasteiger partial charge in [0, 0.05) is 22.4 Å². The second-order valence-corrected chi connectivity index (χ2v) is 7.65. The maximum Gasteiger partial charge on any atom is 0.268 e. The molecule has 34 heavy (non-hydrogen) atoms. The molecular formula is C25H30N4O5. The molecule has 0 radical (unpaired) electrons. The van der Waals surface area contributed by atoms with Crippen molar-refractivity contribution in [3.63, 3.8) is 0 Å². The summed E-state index contributed by atoms with van der Waals surface area (Å²) in [7, 11) is 0. The molecule has 9 nitrogen and oxygen atoms in total. The zero-order valence-corrected chi connectivity index (χ0v) is 19.2. The zero-order valence-electron chi connectivity index (χ0n) is 19.2. The minimum absolute atomic E-state index is 0.101. The van der Waals surface area contributed by atoms with Crippen LogP contribution in [0.1, 0.15) is 48.2 Å². The molecule has 180 valence electrons. The van der Waals surface area contributed by atoms with Crippen molar-refractivity contribution in [3.8, 4) is 11.8 Å². The SMILES string of the molecule is CCCCNCC(=O)Nc1ccc(C#Cc2ccc(C(=O)NC(C(=O)NO)C(C)O)cc2)cc1. The third kappa shape index (κ3) is 8.67. The lowest BCUT2D eigenvalue weighted by Crippen LogP contribution is -2.51. The molecule has 0 aromatic heterocycles. The van der Waals surface area contributed by atoms with E-state index in [1.54, 1.807) is 48.5 Å². The lowest BCUT2D eigenvalue weighted by Gasteiger charge is -2.19. The second-order valence-electron chi connectivity index (χ2n) is 7.65. The minimum Gasteiger partial charge on any atom is -0.391 e. The van der Waals surface area contributed by atoms with Crippen LogP contribution >= 0.6 is 0 Å². The number of hydrogen-bond donors (Lipinski definition) is 6. The number of hydrogen-bond acceptors (Lipinski definition) is 6. The molecule has 0 spiro atoms. The number of amides is 3. The first-order chi connectivity index (χ1) is 16.3. The molecule has 0 saturated carbocycles. The fourth-order valence-corrected chi connectivity index (χ4v) is 2.89. The van der Waals surface area contributed by atoms with Gasteiger partial charge < -0.3 is 21.1 Å². The summed E-state index contributed by atoms with van der Waals surface area (Å²) in [5.41, 5.74) is 3.81. The van der Waals surface area contributed by atoms with E-state index in [0.717, 1.165) is 24.9 Å². The number of anilines is 1. The van der Waals surface area contributed by atoms with Crippen LogP contribution in [0.2, 0.25) is 0 Å². The van der Waals surface area contributed by atoms with E-state index in [0.29, 0.717) is 11.3 Å². The molecule has 2 aromatic carbocycles. The van der Waals surface area contributed by atoms with Crippen molar-refractivity contribution < 1.29 is 24.7 Å². The van der Waals surface area contributed by atoms with Crippen molar-refractivity contribution in [3.05, 3.63) is 65.2 Å². The predicted molar refractivity (Wildman–Crippen MR) is 128 cm³/mol. The highest BCUT2D eigenvalue weighted by atomic mass is 16.5. The van der Waals surface area contributed by atoms with Crippen LogP contribution < -0.4 is 21.4 Å². The summed E-state index contributed by atoms with van der Waals surface area (Å²) in [6, 6.07) is 12.3. The molecule has 2 aromatic rings. The van der Waals surface area contributed by atoms with Crippen LogP contribution in [0.5, 0.6) is 0 Å². The van der Waals surface area contributed by atoms with Gasteiger partial charge in [-0.2, -0.15) is 0 Å². The molecule has 0 saturated heterocycles. The molecule has 3 amide bonds. The van der Waals surface area contributed by atoms with Crippen molar-refractivity contribution in [2.45, 2.75) is 38.8 Å². The number of aliphatic hydroxyl groups is 1. The number of unbranched alkanes of at least 4 members (excludes halogenated alkanes) is 1. The first-order valence-corrected chi connectivity index (χ1v) is 11.0. The molecular weight excluding hydrogens is 436 g/mol. The number of benzene rings is 2. The van der Waals surface area contributed by atoms with Crippen LogP contribution in [-0.4, -0.2) is 53.3 Å². The summed E-state index contributed by atoms with van der Waals surface area (Å²) in [6.07, 6.45) is 0.916. The van der Waals surface area contributed by atoms with E-state index >= 15 is 0 Å². The van der Waals surface area contributed by atoms with Gasteiger partial charge >= 0.3 is 0 Å². The maximum atomic E-state index is 12.3. The molecule has 9 heteroatoms. The number of carbonyl (C=O) groups is 3. The summed E-state index contributed by atoms with van der Waals surface area (Å²) in [6.45, 7) is 4.50. The van der Waals surface area contributed by atoms with Crippen LogP contribution in [0.15, 0.2) is 48.5 Å². The summed E-state index contributed by atoms with van der Waals surface area (Å²) in [4.78, 5) is 35.8. The highest BCUT2D eigenvalue weighted by molar-refractivity contribution is 5.97. The fourth-order valence-electron chi connectivity index (χ4n) is 2.89. The molecule has 0 heterocycles. The molecule has 2 rings (SSSR count). The first kappa shape index (κ1) is 26.5. The third-order valence-electron chi connectivity index (χ3n) is 4.82. The minimum atomic E-state index is -1.29. The van der Waals surface area contributed by atoms with Crippen LogP contribution in [0.3, 0.4) is 0 Å². The molecule has 0 aliphatic carbocycles. The number of hydroxylamine groups is 1. The number of nitrogens with one attached hydrogen (secondary N) is 4. The highest BCUT2D eigenvalue weighted by Crippen LogP contribution is 2.10. The topological polar surface area (TPSA) is 140 Å². The normalized spacial score (nSPS) is 12.0. The Bertz CT molecular complexity index is 1020. The Morgan fingerprint density at radius 2 is 1.56 bits per heavy atom. The lowest BCUT2D eigenvalue weighted by atomic mass is 10.1. The Kier molecular flexibility index (Phi) is 10.7. The molecule has 0 aliphatic heterocycles. The second kappa shape index (κ2) is 13.7. The monoisotopic (exact) mass is 466 g/mol. The van der Waals surface area contributed by atoms with E-state index in [4.69, 9.17) is 5.21 Å². The smallest absolute Gasteiger partial charge is 0.268 e. The molecule has 2 unspecified atom stereocenters. The van der Waals surface area contributed by atoms with Crippen molar-refractivity contribution in [2.75, 3.05) is 18.4 Å². The van der Waals surface area contributed by atoms with Crippen LogP contribution in [0.4, 0.5) is 5.69 Å². The summed E-state index contributed by atoms with van der Waals surface area (Å²) >= 11 is 0. The summed E-state index contributed by atoms with van der Waals surface area (Å²) in [5.74, 6) is 4.42. The van der Waals surface area contributed by atoms with E-state index in [-0.39, 0.29) is 18.0 Å². The Labute approximate surface area is 198 Å². The quantitative estimate of drug-likeness (QED) is 0.135. The average Bonchev–Trinajstić information content (AvgIpc) is 2.84. The van der Waals surface area contributed by atoms with Gasteiger partial charge in [0.25, 0.3) is 11.8 Å². The van der Waals surface area contributed by atoms with Crippen molar-refractivity contribution >= 4 is 23.4 Å². The van der Waals surface area contributed by atoms with E-state index in [1.807, 2.05) is 0 Å². The van der Waals surface area contributed by atoms with E-state index < -0.39 is 24.0 Å². The number of carbonyl (C=O) groups excluding carboxylic acids is 3. The highest BCUT2D eigenvalue weighted by Gasteiger charge is 2.25. The van der Waals surface area contributed by atoms with Crippen molar-refractivity contribution in [1.82, 2.24) is 16.1 Å². The first-order valence-electron chi connectivity index (χ1n) is 11.0. The number of rotatable bonds is 10. The van der Waals surface area contributed by atoms with E-state index in [1.165, 1.54) is 12.4 Å². The number of aliphatic hydroxyl groups excluding tert-OH is 1. The van der Waals surface area contributed by atoms with Crippen LogP contribution in [0.25, 0.3) is 0 Å². The average molecular weight is 467 g/mol. The third-order valence-corrected chi connectivity index (χ3v) is 4.82. The predicted octanol–water partition coefficient (Wildman–Crippen LogP) is 1.40. The standard InChI is InChI=1S/C25H30N4O5/c1-3-4-15-26-16-22(31)27-21-13-9-19(10-14-21)6-5-18-7-11-20(12-8-18)24(32)28-23(17(2)30)25(33)29-34/h7-14,17,23,26,30,34H,3-4,15-16H2,1-2H3,(H,27,31)(H,28,32)(H,29,33). The molecule has 0 aliphatic rings. The molecule has 0 fully saturated rings. The largest absolute Gasteiger partial charge is 0.391 e. The van der Waals surface area contributed by atoms with Gasteiger partial charge in [-0.15, -0.1) is 0 Å². The van der Waals surface area contributed by atoms with Gasteiger partial charge in [-0.1, -0.05) is 25.2 Å². The van der Waals surface area contributed by atoms with Gasteiger partial charge in [-0.3, -0.25) is 19.6 Å². The molecule has 2 atom stereocenters. The van der Waals surface area contributed by atoms with Crippen molar-refractivity contribution in [1.29, 1.82) is 0 Å². The van der Waals surface area contributed by atoms with Gasteiger partial charge in [-0.05, 0) is 68.4 Å². The van der Waals surface area contributed by atoms with Crippen LogP contribution in [0, 0.1) is 11.8 Å². The van der Waals surface area contributed by atoms with Gasteiger partial charge in [-0.25, -0.2) is 5.48 Å². The van der Waals surface area contributed by atoms with Gasteiger partial charge in [0.05, 0.1) is 12.6 Å². The summed E-state index contributed by atoms with van der Waals surface area (Å²) in [5, 5.41) is 26.6. The zero-order chi connectivity index (χ0) is 24.9. The Morgan fingerprint density at radius 1 is 0.971 bits per heavy atom. The Morgan fingerprint density at radius 3 is 2.09 bits per heavy atom. The van der Waals surface area contributed by atoms with Crippen molar-refractivity contribution in [2.24, 2.45) is 0 Å². The van der Waals surface area contributed by atoms with Gasteiger partial charge in [0.2, 0.25) is 5.91 Å². The Hall–Kier alpha value is -3.71. The fraction of sp³-hybridized carbons (Fsp3) is 0.320. The maximum absolute atomic E-state index is 12.3. The van der Waals surface area contributed by atoms with E-state index in [9.17, 15) is 19.5 Å². The van der Waals surface area contributed by atoms with Gasteiger partial charge in [0.1, 0.15) is 6.04 Å². The summed E-state index contributed by atoms with van der Waals surface area (Å²) < 4.78 is 0. The van der Waals surface area contributed by atoms with Gasteiger partial charge in [0.15, 0.2) is 0 Å².